The molecular weight excluding hydrogens is 240 g/mol. The molecule has 0 aromatic heterocycles. The highest BCUT2D eigenvalue weighted by Gasteiger charge is 2.25. The minimum Gasteiger partial charge on any atom is -0.399 e. The maximum Gasteiger partial charge on any atom is 0.253 e. The summed E-state index contributed by atoms with van der Waals surface area (Å²) >= 11 is 0. The van der Waals surface area contributed by atoms with E-state index in [9.17, 15) is 13.2 Å². The highest BCUT2D eigenvalue weighted by atomic mass is 32.2. The quantitative estimate of drug-likeness (QED) is 0.723. The lowest BCUT2D eigenvalue weighted by molar-refractivity contribution is 0.0770. The van der Waals surface area contributed by atoms with Gasteiger partial charge in [-0.2, -0.15) is 0 Å². The number of carbonyl (C=O) groups is 1. The van der Waals surface area contributed by atoms with E-state index >= 15 is 0 Å². The summed E-state index contributed by atoms with van der Waals surface area (Å²) < 4.78 is 22.5. The summed E-state index contributed by atoms with van der Waals surface area (Å²) in [5.74, 6) is -0.0403. The molecule has 0 saturated carbocycles. The molecule has 5 nitrogen and oxygen atoms in total. The molecule has 1 amide bonds. The number of carbonyl (C=O) groups excluding carboxylic acids is 1. The lowest BCUT2D eigenvalue weighted by Crippen LogP contribution is -2.43. The zero-order chi connectivity index (χ0) is 12.5. The van der Waals surface area contributed by atoms with Crippen molar-refractivity contribution >= 4 is 21.4 Å². The molecule has 1 aliphatic rings. The molecule has 2 rings (SSSR count). The van der Waals surface area contributed by atoms with Crippen LogP contribution < -0.4 is 5.73 Å². The van der Waals surface area contributed by atoms with E-state index < -0.39 is 9.84 Å². The number of rotatable bonds is 1. The molecule has 0 radical (unpaired) electrons. The molecule has 1 saturated heterocycles. The monoisotopic (exact) mass is 254 g/mol. The number of anilines is 1. The summed E-state index contributed by atoms with van der Waals surface area (Å²) in [5, 5.41) is 0. The largest absolute Gasteiger partial charge is 0.399 e. The Morgan fingerprint density at radius 2 is 1.65 bits per heavy atom. The number of nitrogens with two attached hydrogens (primary N) is 1. The third kappa shape index (κ3) is 2.76. The third-order valence-corrected chi connectivity index (χ3v) is 4.40. The van der Waals surface area contributed by atoms with Gasteiger partial charge in [0.2, 0.25) is 0 Å². The summed E-state index contributed by atoms with van der Waals surface area (Å²) in [6.07, 6.45) is 0. The summed E-state index contributed by atoms with van der Waals surface area (Å²) in [5.41, 5.74) is 6.68. The van der Waals surface area contributed by atoms with Crippen molar-refractivity contribution in [1.82, 2.24) is 4.90 Å². The molecular formula is C11H14N2O3S. The molecule has 17 heavy (non-hydrogen) atoms. The van der Waals surface area contributed by atoms with Gasteiger partial charge in [-0.3, -0.25) is 4.79 Å². The van der Waals surface area contributed by atoms with Crippen molar-refractivity contribution < 1.29 is 13.2 Å². The molecule has 2 N–H and O–H groups in total. The minimum atomic E-state index is -2.95. The standard InChI is InChI=1S/C11H14N2O3S/c12-10-3-1-9(2-4-10)11(14)13-5-7-17(15,16)8-6-13/h1-4H,5-8,12H2. The Kier molecular flexibility index (Phi) is 3.06. The van der Waals surface area contributed by atoms with E-state index in [1.54, 1.807) is 29.2 Å². The van der Waals surface area contributed by atoms with E-state index in [0.717, 1.165) is 0 Å². The first-order chi connectivity index (χ1) is 7.98. The summed E-state index contributed by atoms with van der Waals surface area (Å²) in [6.45, 7) is 0.539. The fourth-order valence-corrected chi connectivity index (χ4v) is 2.93. The van der Waals surface area contributed by atoms with Crippen molar-refractivity contribution in [3.05, 3.63) is 29.8 Å². The third-order valence-electron chi connectivity index (χ3n) is 2.79. The highest BCUT2D eigenvalue weighted by Crippen LogP contribution is 2.11. The van der Waals surface area contributed by atoms with Crippen LogP contribution >= 0.6 is 0 Å². The van der Waals surface area contributed by atoms with Crippen LogP contribution in [0, 0.1) is 0 Å². The first-order valence-electron chi connectivity index (χ1n) is 5.33. The van der Waals surface area contributed by atoms with Crippen molar-refractivity contribution in [2.75, 3.05) is 30.3 Å². The van der Waals surface area contributed by atoms with Gasteiger partial charge in [0, 0.05) is 24.3 Å². The predicted molar refractivity (Wildman–Crippen MR) is 65.4 cm³/mol. The topological polar surface area (TPSA) is 80.5 Å². The van der Waals surface area contributed by atoms with Crippen LogP contribution in [0.3, 0.4) is 0 Å². The Hall–Kier alpha value is -1.56. The SMILES string of the molecule is Nc1ccc(C(=O)N2CCS(=O)(=O)CC2)cc1. The molecule has 0 unspecified atom stereocenters. The predicted octanol–water partition coefficient (Wildman–Crippen LogP) is 0.139. The highest BCUT2D eigenvalue weighted by molar-refractivity contribution is 7.91. The Morgan fingerprint density at radius 3 is 2.18 bits per heavy atom. The van der Waals surface area contributed by atoms with Gasteiger partial charge < -0.3 is 10.6 Å². The fraction of sp³-hybridized carbons (Fsp3) is 0.364. The lowest BCUT2D eigenvalue weighted by atomic mass is 10.2. The Labute approximate surface area is 100 Å². The Morgan fingerprint density at radius 1 is 1.12 bits per heavy atom. The van der Waals surface area contributed by atoms with Gasteiger partial charge in [-0.1, -0.05) is 0 Å². The fourth-order valence-electron chi connectivity index (χ4n) is 1.72. The maximum absolute atomic E-state index is 12.0. The van der Waals surface area contributed by atoms with Crippen LogP contribution in [0.2, 0.25) is 0 Å². The van der Waals surface area contributed by atoms with E-state index in [0.29, 0.717) is 11.3 Å². The number of hydrogen-bond donors (Lipinski definition) is 1. The second-order valence-electron chi connectivity index (χ2n) is 4.07. The van der Waals surface area contributed by atoms with Crippen LogP contribution in [-0.2, 0) is 9.84 Å². The van der Waals surface area contributed by atoms with E-state index in [1.807, 2.05) is 0 Å². The number of sulfone groups is 1. The van der Waals surface area contributed by atoms with Gasteiger partial charge in [0.1, 0.15) is 0 Å². The molecule has 0 spiro atoms. The second-order valence-corrected chi connectivity index (χ2v) is 6.37. The number of hydrogen-bond acceptors (Lipinski definition) is 4. The molecule has 6 heteroatoms. The lowest BCUT2D eigenvalue weighted by Gasteiger charge is -2.26. The summed E-state index contributed by atoms with van der Waals surface area (Å²) in [6, 6.07) is 6.63. The zero-order valence-corrected chi connectivity index (χ0v) is 10.1. The number of nitrogen functional groups attached to an aromatic ring is 1. The molecule has 92 valence electrons. The molecule has 0 bridgehead atoms. The van der Waals surface area contributed by atoms with Crippen molar-refractivity contribution in [2.24, 2.45) is 0 Å². The molecule has 1 fully saturated rings. The van der Waals surface area contributed by atoms with Gasteiger partial charge >= 0.3 is 0 Å². The normalized spacial score (nSPS) is 18.9. The van der Waals surface area contributed by atoms with Crippen molar-refractivity contribution in [3.63, 3.8) is 0 Å². The molecule has 1 aromatic rings. The average molecular weight is 254 g/mol. The summed E-state index contributed by atoms with van der Waals surface area (Å²) in [4.78, 5) is 13.6. The molecule has 0 aliphatic carbocycles. The van der Waals surface area contributed by atoms with Crippen LogP contribution in [0.15, 0.2) is 24.3 Å². The molecule has 1 heterocycles. The van der Waals surface area contributed by atoms with Crippen molar-refractivity contribution in [2.45, 2.75) is 0 Å². The van der Waals surface area contributed by atoms with Crippen LogP contribution in [0.5, 0.6) is 0 Å². The van der Waals surface area contributed by atoms with Gasteiger partial charge in [-0.25, -0.2) is 8.42 Å². The van der Waals surface area contributed by atoms with E-state index in [4.69, 9.17) is 5.73 Å². The molecule has 1 aromatic carbocycles. The van der Waals surface area contributed by atoms with Gasteiger partial charge in [0.05, 0.1) is 11.5 Å². The number of amides is 1. The van der Waals surface area contributed by atoms with E-state index in [-0.39, 0.29) is 30.5 Å². The minimum absolute atomic E-state index is 0.0493. The van der Waals surface area contributed by atoms with Gasteiger partial charge in [-0.05, 0) is 24.3 Å². The number of benzene rings is 1. The van der Waals surface area contributed by atoms with Crippen LogP contribution in [0.25, 0.3) is 0 Å². The Balaban J connectivity index is 2.09. The van der Waals surface area contributed by atoms with Gasteiger partial charge in [0.15, 0.2) is 9.84 Å². The zero-order valence-electron chi connectivity index (χ0n) is 9.30. The Bertz CT molecular complexity index is 508. The summed E-state index contributed by atoms with van der Waals surface area (Å²) in [7, 11) is -2.95. The van der Waals surface area contributed by atoms with Crippen molar-refractivity contribution in [1.29, 1.82) is 0 Å². The first kappa shape index (κ1) is 11.9. The van der Waals surface area contributed by atoms with Crippen LogP contribution in [0.4, 0.5) is 5.69 Å². The van der Waals surface area contributed by atoms with Gasteiger partial charge in [-0.15, -0.1) is 0 Å². The smallest absolute Gasteiger partial charge is 0.253 e. The van der Waals surface area contributed by atoms with Crippen molar-refractivity contribution in [3.8, 4) is 0 Å². The molecule has 1 aliphatic heterocycles. The molecule has 0 atom stereocenters. The van der Waals surface area contributed by atoms with Crippen LogP contribution in [-0.4, -0.2) is 43.8 Å². The maximum atomic E-state index is 12.0. The van der Waals surface area contributed by atoms with E-state index in [2.05, 4.69) is 0 Å². The second kappa shape index (κ2) is 4.37. The first-order valence-corrected chi connectivity index (χ1v) is 7.15. The van der Waals surface area contributed by atoms with Crippen LogP contribution in [0.1, 0.15) is 10.4 Å². The number of nitrogens with zero attached hydrogens (tertiary/aromatic N) is 1. The average Bonchev–Trinajstić information content (AvgIpc) is 2.29. The van der Waals surface area contributed by atoms with Gasteiger partial charge in [0.25, 0.3) is 5.91 Å². The van der Waals surface area contributed by atoms with E-state index in [1.165, 1.54) is 0 Å².